The number of nitrogens with zero attached hydrogens (tertiary/aromatic N) is 3. The number of hydrogen-bond donors (Lipinski definition) is 1. The molecule has 154 valence electrons. The van der Waals surface area contributed by atoms with Crippen molar-refractivity contribution in [3.8, 4) is 11.5 Å². The van der Waals surface area contributed by atoms with E-state index in [4.69, 9.17) is 9.47 Å². The minimum Gasteiger partial charge on any atom is -0.493 e. The van der Waals surface area contributed by atoms with E-state index in [-0.39, 0.29) is 11.2 Å². The zero-order valence-corrected chi connectivity index (χ0v) is 18.1. The van der Waals surface area contributed by atoms with Crippen molar-refractivity contribution in [2.45, 2.75) is 49.9 Å². The highest BCUT2D eigenvalue weighted by molar-refractivity contribution is 8.00. The lowest BCUT2D eigenvalue weighted by Gasteiger charge is -2.13. The van der Waals surface area contributed by atoms with E-state index in [0.29, 0.717) is 24.5 Å². The fourth-order valence-electron chi connectivity index (χ4n) is 2.72. The van der Waals surface area contributed by atoms with Crippen molar-refractivity contribution in [2.24, 2.45) is 7.05 Å². The van der Waals surface area contributed by atoms with Crippen LogP contribution in [0.5, 0.6) is 11.5 Å². The number of rotatable bonds is 11. The number of carbonyl (C=O) groups excluding carboxylic acids is 1. The predicted molar refractivity (Wildman–Crippen MR) is 111 cm³/mol. The van der Waals surface area contributed by atoms with Crippen LogP contribution in [0.25, 0.3) is 0 Å². The van der Waals surface area contributed by atoms with E-state index in [1.165, 1.54) is 11.8 Å². The van der Waals surface area contributed by atoms with E-state index in [2.05, 4.69) is 22.4 Å². The molecule has 0 saturated carbocycles. The summed E-state index contributed by atoms with van der Waals surface area (Å²) in [6.45, 7) is 4.59. The number of thioether (sulfide) groups is 1. The van der Waals surface area contributed by atoms with E-state index in [9.17, 15) is 4.79 Å². The lowest BCUT2D eigenvalue weighted by molar-refractivity contribution is -0.120. The molecule has 1 aromatic carbocycles. The molecule has 1 aromatic heterocycles. The van der Waals surface area contributed by atoms with E-state index in [1.54, 1.807) is 14.2 Å². The van der Waals surface area contributed by atoms with Crippen molar-refractivity contribution in [1.82, 2.24) is 20.1 Å². The van der Waals surface area contributed by atoms with Crippen molar-refractivity contribution >= 4 is 17.7 Å². The lowest BCUT2D eigenvalue weighted by Crippen LogP contribution is -2.32. The molecule has 1 atom stereocenters. The topological polar surface area (TPSA) is 78.3 Å². The van der Waals surface area contributed by atoms with Crippen LogP contribution in [0.1, 0.15) is 38.1 Å². The summed E-state index contributed by atoms with van der Waals surface area (Å²) in [5, 5.41) is 12.0. The van der Waals surface area contributed by atoms with E-state index in [1.807, 2.05) is 36.7 Å². The number of amides is 1. The Morgan fingerprint density at radius 1 is 1.21 bits per heavy atom. The first-order valence-corrected chi connectivity index (χ1v) is 10.4. The van der Waals surface area contributed by atoms with Crippen molar-refractivity contribution < 1.29 is 14.3 Å². The smallest absolute Gasteiger partial charge is 0.233 e. The Labute approximate surface area is 171 Å². The maximum atomic E-state index is 12.4. The predicted octanol–water partition coefficient (Wildman–Crippen LogP) is 3.01. The number of hydrogen-bond acceptors (Lipinski definition) is 6. The molecule has 1 N–H and O–H groups in total. The van der Waals surface area contributed by atoms with Gasteiger partial charge in [0.15, 0.2) is 16.7 Å². The average molecular weight is 407 g/mol. The zero-order valence-electron chi connectivity index (χ0n) is 17.3. The largest absolute Gasteiger partial charge is 0.493 e. The molecule has 1 amide bonds. The van der Waals surface area contributed by atoms with Gasteiger partial charge in [0.1, 0.15) is 5.82 Å². The van der Waals surface area contributed by atoms with Crippen LogP contribution in [0, 0.1) is 0 Å². The Kier molecular flexibility index (Phi) is 8.63. The van der Waals surface area contributed by atoms with Crippen LogP contribution < -0.4 is 14.8 Å². The molecule has 1 heterocycles. The quantitative estimate of drug-likeness (QED) is 0.578. The van der Waals surface area contributed by atoms with Crippen molar-refractivity contribution in [1.29, 1.82) is 0 Å². The van der Waals surface area contributed by atoms with Gasteiger partial charge in [-0.2, -0.15) is 0 Å². The number of aromatic nitrogens is 3. The summed E-state index contributed by atoms with van der Waals surface area (Å²) in [5.74, 6) is 2.34. The number of methoxy groups -OCH3 is 2. The normalized spacial score (nSPS) is 11.9. The molecular formula is C20H30N4O3S. The fourth-order valence-corrected chi connectivity index (χ4v) is 3.58. The molecule has 28 heavy (non-hydrogen) atoms. The highest BCUT2D eigenvalue weighted by Crippen LogP contribution is 2.27. The second-order valence-electron chi connectivity index (χ2n) is 6.55. The molecule has 0 fully saturated rings. The van der Waals surface area contributed by atoms with Crippen molar-refractivity contribution in [3.63, 3.8) is 0 Å². The summed E-state index contributed by atoms with van der Waals surface area (Å²) in [7, 11) is 5.18. The molecule has 0 spiro atoms. The molecule has 2 aromatic rings. The second kappa shape index (κ2) is 10.9. The van der Waals surface area contributed by atoms with Crippen LogP contribution in [0.4, 0.5) is 0 Å². The Hall–Kier alpha value is -2.22. The summed E-state index contributed by atoms with van der Waals surface area (Å²) in [6, 6.07) is 5.78. The van der Waals surface area contributed by atoms with Crippen LogP contribution in [0.3, 0.4) is 0 Å². The Balaban J connectivity index is 1.84. The van der Waals surface area contributed by atoms with E-state index in [0.717, 1.165) is 35.8 Å². The maximum Gasteiger partial charge on any atom is 0.233 e. The van der Waals surface area contributed by atoms with Gasteiger partial charge in [0.2, 0.25) is 5.91 Å². The van der Waals surface area contributed by atoms with Gasteiger partial charge in [-0.3, -0.25) is 4.79 Å². The number of ether oxygens (including phenoxy) is 2. The highest BCUT2D eigenvalue weighted by Gasteiger charge is 2.18. The third kappa shape index (κ3) is 5.89. The van der Waals surface area contributed by atoms with Crippen LogP contribution in [0.15, 0.2) is 23.4 Å². The lowest BCUT2D eigenvalue weighted by atomic mass is 10.1. The van der Waals surface area contributed by atoms with Crippen molar-refractivity contribution in [3.05, 3.63) is 29.6 Å². The first-order chi connectivity index (χ1) is 13.5. The Morgan fingerprint density at radius 2 is 1.96 bits per heavy atom. The van der Waals surface area contributed by atoms with Crippen LogP contribution in [-0.4, -0.2) is 46.7 Å². The zero-order chi connectivity index (χ0) is 20.5. The third-order valence-corrected chi connectivity index (χ3v) is 5.63. The molecule has 0 aliphatic carbocycles. The molecule has 8 heteroatoms. The van der Waals surface area contributed by atoms with Gasteiger partial charge in [-0.05, 0) is 37.5 Å². The second-order valence-corrected chi connectivity index (χ2v) is 7.86. The summed E-state index contributed by atoms with van der Waals surface area (Å²) in [5.41, 5.74) is 1.08. The highest BCUT2D eigenvalue weighted by atomic mass is 32.2. The summed E-state index contributed by atoms with van der Waals surface area (Å²) >= 11 is 1.43. The molecule has 7 nitrogen and oxygen atoms in total. The van der Waals surface area contributed by atoms with Gasteiger partial charge in [-0.1, -0.05) is 31.2 Å². The first kappa shape index (κ1) is 22.1. The van der Waals surface area contributed by atoms with E-state index < -0.39 is 0 Å². The SMILES string of the molecule is CCCCc1nnc(S[C@H](C)C(=O)NCCc2ccc(OC)c(OC)c2)n1C. The molecule has 0 aliphatic heterocycles. The molecule has 0 radical (unpaired) electrons. The average Bonchev–Trinajstić information content (AvgIpc) is 3.05. The molecule has 0 saturated heterocycles. The molecule has 0 aliphatic rings. The fraction of sp³-hybridized carbons (Fsp3) is 0.550. The van der Waals surface area contributed by atoms with Crippen LogP contribution in [0.2, 0.25) is 0 Å². The number of nitrogens with one attached hydrogen (secondary N) is 1. The number of unbranched alkanes of at least 4 members (excludes halogenated alkanes) is 1. The monoisotopic (exact) mass is 406 g/mol. The molecular weight excluding hydrogens is 376 g/mol. The molecule has 0 unspecified atom stereocenters. The maximum absolute atomic E-state index is 12.4. The minimum absolute atomic E-state index is 0.0106. The number of benzene rings is 1. The summed E-state index contributed by atoms with van der Waals surface area (Å²) in [6.07, 6.45) is 3.83. The number of carbonyl (C=O) groups is 1. The van der Waals surface area contributed by atoms with Gasteiger partial charge >= 0.3 is 0 Å². The standard InChI is InChI=1S/C20H30N4O3S/c1-6-7-8-18-22-23-20(24(18)3)28-14(2)19(25)21-12-11-15-9-10-16(26-4)17(13-15)27-5/h9-10,13-14H,6-8,11-12H2,1-5H3,(H,21,25)/t14-/m1/s1. The van der Waals surface area contributed by atoms with E-state index >= 15 is 0 Å². The minimum atomic E-state index is -0.243. The molecule has 2 rings (SSSR count). The van der Waals surface area contributed by atoms with Crippen LogP contribution in [-0.2, 0) is 24.7 Å². The molecule has 0 bridgehead atoms. The third-order valence-electron chi connectivity index (χ3n) is 4.49. The summed E-state index contributed by atoms with van der Waals surface area (Å²) in [4.78, 5) is 12.4. The van der Waals surface area contributed by atoms with Gasteiger partial charge in [0.25, 0.3) is 0 Å². The Bertz CT molecular complexity index is 779. The number of aryl methyl sites for hydroxylation is 1. The van der Waals surface area contributed by atoms with Gasteiger partial charge in [0.05, 0.1) is 19.5 Å². The van der Waals surface area contributed by atoms with Gasteiger partial charge in [-0.25, -0.2) is 0 Å². The first-order valence-electron chi connectivity index (χ1n) is 9.53. The van der Waals surface area contributed by atoms with Gasteiger partial charge < -0.3 is 19.4 Å². The Morgan fingerprint density at radius 3 is 2.64 bits per heavy atom. The van der Waals surface area contributed by atoms with Gasteiger partial charge in [-0.15, -0.1) is 10.2 Å². The summed E-state index contributed by atoms with van der Waals surface area (Å²) < 4.78 is 12.5. The van der Waals surface area contributed by atoms with Crippen molar-refractivity contribution in [2.75, 3.05) is 20.8 Å². The van der Waals surface area contributed by atoms with Gasteiger partial charge in [0, 0.05) is 20.0 Å². The van der Waals surface area contributed by atoms with Crippen LogP contribution >= 0.6 is 11.8 Å².